The van der Waals surface area contributed by atoms with Gasteiger partial charge in [-0.3, -0.25) is 4.79 Å². The molecule has 1 amide bonds. The van der Waals surface area contributed by atoms with Crippen LogP contribution in [0, 0.1) is 17.5 Å². The van der Waals surface area contributed by atoms with Crippen LogP contribution in [-0.2, 0) is 18.1 Å². The first-order chi connectivity index (χ1) is 22.2. The van der Waals surface area contributed by atoms with Crippen LogP contribution in [0.4, 0.5) is 57.1 Å². The molecule has 0 saturated carbocycles. The number of hydrogen-bond acceptors (Lipinski definition) is 3. The molecule has 0 bridgehead atoms. The number of benzene rings is 4. The van der Waals surface area contributed by atoms with Crippen LogP contribution in [0.1, 0.15) is 32.6 Å². The highest BCUT2D eigenvalue weighted by Crippen LogP contribution is 2.41. The highest BCUT2D eigenvalue weighted by molar-refractivity contribution is 5.95. The molecule has 0 aromatic heterocycles. The van der Waals surface area contributed by atoms with Crippen molar-refractivity contribution in [3.8, 4) is 11.5 Å². The Kier molecular flexibility index (Phi) is 9.92. The second kappa shape index (κ2) is 13.3. The van der Waals surface area contributed by atoms with Crippen LogP contribution in [0.3, 0.4) is 0 Å². The number of amides is 1. The fourth-order valence-corrected chi connectivity index (χ4v) is 4.65. The topological polar surface area (TPSA) is 47.6 Å². The molecular formula is C31H18F13NO3. The Hall–Kier alpha value is -4.96. The molecule has 1 atom stereocenters. The van der Waals surface area contributed by atoms with Gasteiger partial charge in [0.25, 0.3) is 5.91 Å². The number of ether oxygens (including phenoxy) is 2. The molecule has 0 fully saturated rings. The standard InChI is InChI=1S/C31H18F13NO3/c32-20-11-19(12-21(14-20)47-30(40,41)27(35)36)28(15-16-4-2-1-3-5-16,18-7-9-24(34)25(13-18)48-31(42,43)44)45-26(46)17-6-8-23(33)22(10-17)29(37,38)39/h1-14,27H,15H2,(H,45,46). The molecule has 0 aliphatic heterocycles. The molecular weight excluding hydrogens is 681 g/mol. The van der Waals surface area contributed by atoms with Crippen molar-refractivity contribution in [1.82, 2.24) is 5.32 Å². The molecule has 0 radical (unpaired) electrons. The summed E-state index contributed by atoms with van der Waals surface area (Å²) >= 11 is 0. The maximum atomic E-state index is 15.0. The number of halogens is 13. The van der Waals surface area contributed by atoms with Crippen LogP contribution in [0.2, 0.25) is 0 Å². The van der Waals surface area contributed by atoms with Gasteiger partial charge in [-0.05, 0) is 59.2 Å². The van der Waals surface area contributed by atoms with E-state index in [9.17, 15) is 57.5 Å². The molecule has 1 unspecified atom stereocenters. The summed E-state index contributed by atoms with van der Waals surface area (Å²) in [6, 6.07) is 10.8. The van der Waals surface area contributed by atoms with E-state index in [1.807, 2.05) is 0 Å². The number of carbonyl (C=O) groups is 1. The second-order valence-electron chi connectivity index (χ2n) is 10.0. The van der Waals surface area contributed by atoms with Crippen molar-refractivity contribution in [3.05, 3.63) is 130 Å². The third kappa shape index (κ3) is 8.30. The SMILES string of the molecule is O=C(NC(Cc1ccccc1)(c1cc(F)cc(OC(F)(F)C(F)F)c1)c1ccc(F)c(OC(F)(F)F)c1)c1ccc(F)c(C(F)(F)F)c1. The summed E-state index contributed by atoms with van der Waals surface area (Å²) < 4.78 is 185. The monoisotopic (exact) mass is 699 g/mol. The van der Waals surface area contributed by atoms with Crippen LogP contribution >= 0.6 is 0 Å². The molecule has 0 heterocycles. The van der Waals surface area contributed by atoms with Gasteiger partial charge in [0, 0.05) is 18.1 Å². The van der Waals surface area contributed by atoms with Gasteiger partial charge in [0.1, 0.15) is 17.4 Å². The Balaban J connectivity index is 2.03. The predicted octanol–water partition coefficient (Wildman–Crippen LogP) is 9.17. The maximum absolute atomic E-state index is 15.0. The van der Waals surface area contributed by atoms with Gasteiger partial charge in [-0.1, -0.05) is 36.4 Å². The Morgan fingerprint density at radius 1 is 0.708 bits per heavy atom. The molecule has 1 N–H and O–H groups in total. The van der Waals surface area contributed by atoms with Gasteiger partial charge in [-0.2, -0.15) is 30.7 Å². The quantitative estimate of drug-likeness (QED) is 0.168. The van der Waals surface area contributed by atoms with Crippen LogP contribution in [0.5, 0.6) is 11.5 Å². The highest BCUT2D eigenvalue weighted by atomic mass is 19.4. The number of carbonyl (C=O) groups excluding carboxylic acids is 1. The first-order valence-electron chi connectivity index (χ1n) is 13.2. The van der Waals surface area contributed by atoms with E-state index in [2.05, 4.69) is 14.8 Å². The number of rotatable bonds is 10. The zero-order chi connectivity index (χ0) is 35.7. The summed E-state index contributed by atoms with van der Waals surface area (Å²) in [7, 11) is 0. The zero-order valence-electron chi connectivity index (χ0n) is 23.5. The summed E-state index contributed by atoms with van der Waals surface area (Å²) in [6.07, 6.45) is -21.1. The highest BCUT2D eigenvalue weighted by Gasteiger charge is 2.45. The third-order valence-electron chi connectivity index (χ3n) is 6.69. The Morgan fingerprint density at radius 3 is 1.96 bits per heavy atom. The number of hydrogen-bond donors (Lipinski definition) is 1. The summed E-state index contributed by atoms with van der Waals surface area (Å²) in [5.74, 6) is -9.17. The van der Waals surface area contributed by atoms with E-state index in [0.29, 0.717) is 30.3 Å². The summed E-state index contributed by atoms with van der Waals surface area (Å²) in [5.41, 5.74) is -6.50. The van der Waals surface area contributed by atoms with E-state index in [-0.39, 0.29) is 23.8 Å². The summed E-state index contributed by atoms with van der Waals surface area (Å²) in [5, 5.41) is 2.23. The van der Waals surface area contributed by atoms with Gasteiger partial charge in [0.2, 0.25) is 0 Å². The Labute approximate surface area is 261 Å². The van der Waals surface area contributed by atoms with Gasteiger partial charge < -0.3 is 14.8 Å². The minimum Gasteiger partial charge on any atom is -0.428 e. The van der Waals surface area contributed by atoms with Gasteiger partial charge in [0.15, 0.2) is 11.6 Å². The van der Waals surface area contributed by atoms with Crippen molar-refractivity contribution in [2.45, 2.75) is 37.0 Å². The van der Waals surface area contributed by atoms with E-state index >= 15 is 4.39 Å². The summed E-state index contributed by atoms with van der Waals surface area (Å²) in [6.45, 7) is 0. The van der Waals surface area contributed by atoms with E-state index in [0.717, 1.165) is 6.07 Å². The maximum Gasteiger partial charge on any atom is 0.573 e. The Bertz CT molecular complexity index is 1780. The van der Waals surface area contributed by atoms with Crippen molar-refractivity contribution < 1.29 is 71.3 Å². The van der Waals surface area contributed by atoms with E-state index in [1.54, 1.807) is 0 Å². The molecule has 4 rings (SSSR count). The second-order valence-corrected chi connectivity index (χ2v) is 10.0. The first-order valence-corrected chi connectivity index (χ1v) is 13.2. The molecule has 4 nitrogen and oxygen atoms in total. The van der Waals surface area contributed by atoms with Gasteiger partial charge >= 0.3 is 25.1 Å². The minimum atomic E-state index is -5.49. The van der Waals surface area contributed by atoms with Crippen LogP contribution in [0.15, 0.2) is 84.9 Å². The fourth-order valence-electron chi connectivity index (χ4n) is 4.65. The smallest absolute Gasteiger partial charge is 0.428 e. The zero-order valence-corrected chi connectivity index (χ0v) is 23.5. The van der Waals surface area contributed by atoms with Crippen molar-refractivity contribution in [2.24, 2.45) is 0 Å². The number of nitrogens with one attached hydrogen (secondary N) is 1. The fraction of sp³-hybridized carbons (Fsp3) is 0.194. The van der Waals surface area contributed by atoms with Gasteiger partial charge in [0.05, 0.1) is 11.1 Å². The normalized spacial score (nSPS) is 13.6. The van der Waals surface area contributed by atoms with Crippen LogP contribution in [0.25, 0.3) is 0 Å². The van der Waals surface area contributed by atoms with Gasteiger partial charge in [-0.25, -0.2) is 13.2 Å². The lowest BCUT2D eigenvalue weighted by molar-refractivity contribution is -0.275. The summed E-state index contributed by atoms with van der Waals surface area (Å²) in [4.78, 5) is 13.6. The first kappa shape index (κ1) is 35.9. The molecule has 4 aromatic carbocycles. The van der Waals surface area contributed by atoms with E-state index < -0.39 is 94.1 Å². The molecule has 48 heavy (non-hydrogen) atoms. The minimum absolute atomic E-state index is 0.0874. The van der Waals surface area contributed by atoms with Gasteiger partial charge in [-0.15, -0.1) is 13.2 Å². The molecule has 4 aromatic rings. The van der Waals surface area contributed by atoms with E-state index in [4.69, 9.17) is 0 Å². The lowest BCUT2D eigenvalue weighted by Gasteiger charge is -2.37. The molecule has 0 aliphatic carbocycles. The third-order valence-corrected chi connectivity index (χ3v) is 6.69. The Morgan fingerprint density at radius 2 is 1.35 bits per heavy atom. The van der Waals surface area contributed by atoms with Crippen molar-refractivity contribution in [1.29, 1.82) is 0 Å². The largest absolute Gasteiger partial charge is 0.573 e. The molecule has 0 aliphatic rings. The number of alkyl halides is 10. The molecule has 256 valence electrons. The molecule has 17 heteroatoms. The van der Waals surface area contributed by atoms with Crippen molar-refractivity contribution in [3.63, 3.8) is 0 Å². The van der Waals surface area contributed by atoms with Crippen LogP contribution < -0.4 is 14.8 Å². The van der Waals surface area contributed by atoms with Crippen LogP contribution in [-0.4, -0.2) is 24.8 Å². The average molecular weight is 699 g/mol. The van der Waals surface area contributed by atoms with Crippen molar-refractivity contribution >= 4 is 5.91 Å². The molecule has 0 spiro atoms. The van der Waals surface area contributed by atoms with E-state index in [1.165, 1.54) is 30.3 Å². The predicted molar refractivity (Wildman–Crippen MR) is 141 cm³/mol. The average Bonchev–Trinajstić information content (AvgIpc) is 2.96. The lowest BCUT2D eigenvalue weighted by Crippen LogP contribution is -2.49. The lowest BCUT2D eigenvalue weighted by atomic mass is 9.77. The van der Waals surface area contributed by atoms with Crippen molar-refractivity contribution in [2.75, 3.05) is 0 Å². The molecule has 0 saturated heterocycles.